The van der Waals surface area contributed by atoms with Crippen LogP contribution >= 0.6 is 0 Å². The van der Waals surface area contributed by atoms with E-state index in [-0.39, 0.29) is 18.6 Å². The first-order valence-corrected chi connectivity index (χ1v) is 10.4. The Morgan fingerprint density at radius 3 is 2.93 bits per heavy atom. The van der Waals surface area contributed by atoms with Crippen LogP contribution in [0.25, 0.3) is 10.9 Å². The molecule has 2 aliphatic heterocycles. The van der Waals surface area contributed by atoms with Crippen molar-refractivity contribution >= 4 is 10.9 Å². The highest BCUT2D eigenvalue weighted by atomic mass is 16.5. The van der Waals surface area contributed by atoms with Gasteiger partial charge < -0.3 is 24.2 Å². The maximum Gasteiger partial charge on any atom is 0.179 e. The predicted molar refractivity (Wildman–Crippen MR) is 106 cm³/mol. The summed E-state index contributed by atoms with van der Waals surface area (Å²) < 4.78 is 6.58. The van der Waals surface area contributed by atoms with Gasteiger partial charge in [-0.05, 0) is 30.0 Å². The summed E-state index contributed by atoms with van der Waals surface area (Å²) in [5, 5.41) is 20.9. The normalized spacial score (nSPS) is 28.8. The summed E-state index contributed by atoms with van der Waals surface area (Å²) in [5.74, 6) is 0.493. The second-order valence-electron chi connectivity index (χ2n) is 9.10. The fourth-order valence-electron chi connectivity index (χ4n) is 5.66. The van der Waals surface area contributed by atoms with Gasteiger partial charge >= 0.3 is 0 Å². The summed E-state index contributed by atoms with van der Waals surface area (Å²) >= 11 is 0. The second kappa shape index (κ2) is 6.77. The lowest BCUT2D eigenvalue weighted by molar-refractivity contribution is -0.929. The Morgan fingerprint density at radius 1 is 1.36 bits per heavy atom. The fourth-order valence-corrected chi connectivity index (χ4v) is 5.66. The van der Waals surface area contributed by atoms with Crippen LogP contribution in [0, 0.1) is 17.4 Å². The Hall–Kier alpha value is -2.07. The fraction of sp³-hybridized carbons (Fsp3) is 0.591. The number of aromatic amines is 1. The molecule has 1 aromatic carbocycles. The van der Waals surface area contributed by atoms with E-state index in [9.17, 15) is 10.4 Å². The van der Waals surface area contributed by atoms with Gasteiger partial charge in [-0.15, -0.1) is 0 Å². The molecule has 0 spiro atoms. The molecule has 1 aromatic heterocycles. The number of morpholine rings is 1. The average Bonchev–Trinajstić information content (AvgIpc) is 3.05. The van der Waals surface area contributed by atoms with Gasteiger partial charge in [-0.25, -0.2) is 0 Å². The van der Waals surface area contributed by atoms with Crippen LogP contribution in [0.3, 0.4) is 0 Å². The number of nitriles is 1. The number of hydrogen-bond acceptors (Lipinski definition) is 4. The zero-order chi connectivity index (χ0) is 19.3. The molecule has 0 amide bonds. The summed E-state index contributed by atoms with van der Waals surface area (Å²) in [6.45, 7) is 5.53. The summed E-state index contributed by atoms with van der Waals surface area (Å²) in [7, 11) is 2.32. The van der Waals surface area contributed by atoms with Crippen molar-refractivity contribution in [3.8, 4) is 6.19 Å². The molecule has 3 atom stereocenters. The molecule has 0 radical (unpaired) electrons. The number of fused-ring (bicyclic) bond motifs is 2. The summed E-state index contributed by atoms with van der Waals surface area (Å²) in [6, 6.07) is 6.75. The zero-order valence-corrected chi connectivity index (χ0v) is 16.5. The number of rotatable bonds is 3. The van der Waals surface area contributed by atoms with E-state index in [1.807, 2.05) is 4.90 Å². The first-order chi connectivity index (χ1) is 13.6. The quantitative estimate of drug-likeness (QED) is 0.630. The van der Waals surface area contributed by atoms with E-state index in [0.717, 1.165) is 50.2 Å². The van der Waals surface area contributed by atoms with Gasteiger partial charge in [0, 0.05) is 35.9 Å². The summed E-state index contributed by atoms with van der Waals surface area (Å²) in [4.78, 5) is 5.66. The van der Waals surface area contributed by atoms with Crippen LogP contribution in [0.2, 0.25) is 0 Å². The lowest BCUT2D eigenvalue weighted by Crippen LogP contribution is -2.51. The number of nitrogens with zero attached hydrogens (tertiary/aromatic N) is 3. The average molecular weight is 382 g/mol. The first kappa shape index (κ1) is 18.0. The van der Waals surface area contributed by atoms with Crippen molar-refractivity contribution in [3.63, 3.8) is 0 Å². The predicted octanol–water partition coefficient (Wildman–Crippen LogP) is 1.95. The molecule has 0 unspecified atom stereocenters. The number of likely N-dealkylation sites (tertiary alicyclic amines) is 1. The third kappa shape index (κ3) is 2.81. The highest BCUT2D eigenvalue weighted by molar-refractivity contribution is 5.89. The van der Waals surface area contributed by atoms with E-state index in [1.165, 1.54) is 27.7 Å². The monoisotopic (exact) mass is 381 g/mol. The van der Waals surface area contributed by atoms with Crippen molar-refractivity contribution in [2.75, 3.05) is 46.5 Å². The molecule has 2 saturated heterocycles. The number of piperidine rings is 1. The third-order valence-electron chi connectivity index (χ3n) is 7.25. The largest absolute Gasteiger partial charge is 0.396 e. The number of benzene rings is 1. The van der Waals surface area contributed by atoms with E-state index < -0.39 is 0 Å². The van der Waals surface area contributed by atoms with E-state index in [4.69, 9.17) is 4.74 Å². The lowest BCUT2D eigenvalue weighted by Gasteiger charge is -2.44. The van der Waals surface area contributed by atoms with Crippen molar-refractivity contribution in [2.24, 2.45) is 5.92 Å². The molecular weight excluding hydrogens is 352 g/mol. The van der Waals surface area contributed by atoms with Crippen molar-refractivity contribution < 1.29 is 14.3 Å². The number of hydrogen-bond donors (Lipinski definition) is 2. The number of quaternary nitrogens is 1. The molecule has 2 fully saturated rings. The van der Waals surface area contributed by atoms with Crippen LogP contribution in [0.1, 0.15) is 29.2 Å². The summed E-state index contributed by atoms with van der Waals surface area (Å²) in [5.41, 5.74) is 5.30. The lowest BCUT2D eigenvalue weighted by atomic mass is 9.72. The van der Waals surface area contributed by atoms with Crippen LogP contribution in [-0.4, -0.2) is 72.0 Å². The molecule has 6 heteroatoms. The molecule has 3 heterocycles. The molecule has 6 nitrogen and oxygen atoms in total. The van der Waals surface area contributed by atoms with E-state index in [2.05, 4.69) is 36.4 Å². The SMILES string of the molecule is C[N+]1(Cc2[nH]c3cccc4c3c2C[C@@H]2[C@@H]4C[C@@H](CO)CN2C#N)CCOCC1. The van der Waals surface area contributed by atoms with Gasteiger partial charge in [-0.3, -0.25) is 0 Å². The number of aliphatic hydroxyl groups excluding tert-OH is 1. The van der Waals surface area contributed by atoms with Crippen LogP contribution in [0.5, 0.6) is 0 Å². The number of nitrogens with one attached hydrogen (secondary N) is 1. The molecule has 0 bridgehead atoms. The van der Waals surface area contributed by atoms with Gasteiger partial charge in [-0.2, -0.15) is 5.26 Å². The van der Waals surface area contributed by atoms with Gasteiger partial charge in [0.25, 0.3) is 0 Å². The molecule has 5 rings (SSSR count). The van der Waals surface area contributed by atoms with Crippen molar-refractivity contribution in [1.29, 1.82) is 5.26 Å². The zero-order valence-electron chi connectivity index (χ0n) is 16.5. The molecule has 1 aliphatic carbocycles. The minimum Gasteiger partial charge on any atom is -0.396 e. The Labute approximate surface area is 165 Å². The Morgan fingerprint density at radius 2 is 2.18 bits per heavy atom. The summed E-state index contributed by atoms with van der Waals surface area (Å²) in [6.07, 6.45) is 4.30. The van der Waals surface area contributed by atoms with Crippen molar-refractivity contribution in [2.45, 2.75) is 31.3 Å². The van der Waals surface area contributed by atoms with E-state index >= 15 is 0 Å². The Kier molecular flexibility index (Phi) is 4.35. The third-order valence-corrected chi connectivity index (χ3v) is 7.25. The van der Waals surface area contributed by atoms with Crippen LogP contribution in [-0.2, 0) is 17.7 Å². The maximum atomic E-state index is 9.78. The van der Waals surface area contributed by atoms with Crippen LogP contribution < -0.4 is 0 Å². The number of likely N-dealkylation sites (N-methyl/N-ethyl adjacent to an activating group) is 1. The molecule has 0 saturated carbocycles. The number of H-pyrrole nitrogens is 1. The maximum absolute atomic E-state index is 9.78. The topological polar surface area (TPSA) is 72.3 Å². The highest BCUT2D eigenvalue weighted by Crippen LogP contribution is 2.45. The van der Waals surface area contributed by atoms with Gasteiger partial charge in [0.15, 0.2) is 6.19 Å². The van der Waals surface area contributed by atoms with Gasteiger partial charge in [0.1, 0.15) is 19.6 Å². The van der Waals surface area contributed by atoms with Crippen LogP contribution in [0.4, 0.5) is 0 Å². The standard InChI is InChI=1S/C22H29N4O2/c1-26(5-7-28-8-6-26)12-20-18-10-21-17(9-15(13-27)11-25(21)14-23)16-3-2-4-19(24-20)22(16)18/h2-4,15,17,21,24,27H,5-13H2,1H3/q+1/t15-,17-,21-/m1/s1. The minimum absolute atomic E-state index is 0.153. The number of aliphatic hydroxyl groups is 1. The Balaban J connectivity index is 1.58. The molecule has 3 aliphatic rings. The first-order valence-electron chi connectivity index (χ1n) is 10.4. The van der Waals surface area contributed by atoms with Gasteiger partial charge in [0.05, 0.1) is 32.0 Å². The van der Waals surface area contributed by atoms with Crippen molar-refractivity contribution in [3.05, 3.63) is 35.0 Å². The second-order valence-corrected chi connectivity index (χ2v) is 9.10. The van der Waals surface area contributed by atoms with Gasteiger partial charge in [0.2, 0.25) is 0 Å². The van der Waals surface area contributed by atoms with Gasteiger partial charge in [-0.1, -0.05) is 12.1 Å². The highest BCUT2D eigenvalue weighted by Gasteiger charge is 2.42. The molecule has 28 heavy (non-hydrogen) atoms. The van der Waals surface area contributed by atoms with Crippen molar-refractivity contribution in [1.82, 2.24) is 9.88 Å². The number of ether oxygens (including phenoxy) is 1. The van der Waals surface area contributed by atoms with E-state index in [1.54, 1.807) is 0 Å². The number of aromatic nitrogens is 1. The molecular formula is C22H29N4O2+. The van der Waals surface area contributed by atoms with Crippen LogP contribution in [0.15, 0.2) is 18.2 Å². The Bertz CT molecular complexity index is 924. The smallest absolute Gasteiger partial charge is 0.179 e. The molecule has 2 N–H and O–H groups in total. The molecule has 2 aromatic rings. The van der Waals surface area contributed by atoms with E-state index in [0.29, 0.717) is 12.5 Å². The molecule has 148 valence electrons. The minimum atomic E-state index is 0.153.